The molecule has 0 saturated heterocycles. The Balaban J connectivity index is 2.55. The van der Waals surface area contributed by atoms with Crippen molar-refractivity contribution in [2.24, 2.45) is 5.73 Å². The average Bonchev–Trinajstić information content (AvgIpc) is 2.00. The molecule has 0 aliphatic heterocycles. The van der Waals surface area contributed by atoms with Crippen LogP contribution in [0.15, 0.2) is 24.3 Å². The molecule has 1 rings (SSSR count). The molecule has 0 aliphatic carbocycles. The van der Waals surface area contributed by atoms with E-state index in [4.69, 9.17) is 5.73 Å². The lowest BCUT2D eigenvalue weighted by Gasteiger charge is -2.16. The van der Waals surface area contributed by atoms with Crippen molar-refractivity contribution in [1.82, 2.24) is 0 Å². The van der Waals surface area contributed by atoms with Gasteiger partial charge >= 0.3 is 0 Å². The maximum atomic E-state index is 12.7. The molecule has 0 aromatic heterocycles. The first-order valence-corrected chi connectivity index (χ1v) is 4.23. The molecule has 0 radical (unpaired) electrons. The molecule has 1 aromatic carbocycles. The lowest BCUT2D eigenvalue weighted by Crippen LogP contribution is -2.35. The first-order chi connectivity index (χ1) is 5.97. The van der Waals surface area contributed by atoms with E-state index in [2.05, 4.69) is 0 Å². The standard InChI is InChI=1S/C10H14FNO/c1-10(12,13)6-5-8-3-2-4-9(11)7-8/h2-4,7,13H,5-6,12H2,1H3. The largest absolute Gasteiger partial charge is 0.376 e. The van der Waals surface area contributed by atoms with Crippen molar-refractivity contribution in [2.45, 2.75) is 25.5 Å². The molecule has 0 heterocycles. The van der Waals surface area contributed by atoms with E-state index in [9.17, 15) is 9.50 Å². The Bertz CT molecular complexity index is 280. The monoisotopic (exact) mass is 183 g/mol. The Morgan fingerprint density at radius 1 is 1.54 bits per heavy atom. The topological polar surface area (TPSA) is 46.2 Å². The van der Waals surface area contributed by atoms with Gasteiger partial charge in [0.1, 0.15) is 11.5 Å². The van der Waals surface area contributed by atoms with Gasteiger partial charge in [0.2, 0.25) is 0 Å². The van der Waals surface area contributed by atoms with Crippen LogP contribution in [0.1, 0.15) is 18.9 Å². The van der Waals surface area contributed by atoms with Gasteiger partial charge in [-0.1, -0.05) is 12.1 Å². The van der Waals surface area contributed by atoms with Crippen LogP contribution in [0.3, 0.4) is 0 Å². The fourth-order valence-corrected chi connectivity index (χ4v) is 1.09. The summed E-state index contributed by atoms with van der Waals surface area (Å²) >= 11 is 0. The summed E-state index contributed by atoms with van der Waals surface area (Å²) in [6.45, 7) is 1.53. The lowest BCUT2D eigenvalue weighted by molar-refractivity contribution is 0.0582. The summed E-state index contributed by atoms with van der Waals surface area (Å²) in [5, 5.41) is 9.23. The normalized spacial score (nSPS) is 15.4. The summed E-state index contributed by atoms with van der Waals surface area (Å²) in [6.07, 6.45) is 1.01. The van der Waals surface area contributed by atoms with Crippen LogP contribution in [0, 0.1) is 5.82 Å². The number of halogens is 1. The highest BCUT2D eigenvalue weighted by atomic mass is 19.1. The second-order valence-electron chi connectivity index (χ2n) is 3.49. The van der Waals surface area contributed by atoms with Crippen molar-refractivity contribution in [1.29, 1.82) is 0 Å². The van der Waals surface area contributed by atoms with Crippen LogP contribution >= 0.6 is 0 Å². The SMILES string of the molecule is CC(N)(O)CCc1cccc(F)c1. The van der Waals surface area contributed by atoms with Gasteiger partial charge in [-0.05, 0) is 37.5 Å². The number of nitrogens with two attached hydrogens (primary N) is 1. The van der Waals surface area contributed by atoms with Crippen LogP contribution in [0.4, 0.5) is 4.39 Å². The zero-order chi connectivity index (χ0) is 9.90. The molecular formula is C10H14FNO. The summed E-state index contributed by atoms with van der Waals surface area (Å²) < 4.78 is 12.7. The van der Waals surface area contributed by atoms with Crippen LogP contribution < -0.4 is 5.73 Å². The van der Waals surface area contributed by atoms with Crippen LogP contribution in [0.5, 0.6) is 0 Å². The second-order valence-corrected chi connectivity index (χ2v) is 3.49. The van der Waals surface area contributed by atoms with Gasteiger partial charge in [0.15, 0.2) is 0 Å². The number of hydrogen-bond donors (Lipinski definition) is 2. The maximum Gasteiger partial charge on any atom is 0.123 e. The zero-order valence-corrected chi connectivity index (χ0v) is 7.63. The molecule has 0 amide bonds. The fraction of sp³-hybridized carbons (Fsp3) is 0.400. The predicted molar refractivity (Wildman–Crippen MR) is 49.5 cm³/mol. The number of aliphatic hydroxyl groups is 1. The van der Waals surface area contributed by atoms with Gasteiger partial charge in [-0.2, -0.15) is 0 Å². The van der Waals surface area contributed by atoms with Gasteiger partial charge in [-0.3, -0.25) is 0 Å². The number of benzene rings is 1. The molecule has 1 unspecified atom stereocenters. The van der Waals surface area contributed by atoms with Crippen molar-refractivity contribution in [2.75, 3.05) is 0 Å². The highest BCUT2D eigenvalue weighted by Crippen LogP contribution is 2.10. The van der Waals surface area contributed by atoms with E-state index in [1.165, 1.54) is 19.1 Å². The minimum Gasteiger partial charge on any atom is -0.376 e. The van der Waals surface area contributed by atoms with Gasteiger partial charge in [0, 0.05) is 0 Å². The summed E-state index contributed by atoms with van der Waals surface area (Å²) in [7, 11) is 0. The lowest BCUT2D eigenvalue weighted by atomic mass is 10.0. The molecule has 13 heavy (non-hydrogen) atoms. The third-order valence-corrected chi connectivity index (χ3v) is 1.81. The third-order valence-electron chi connectivity index (χ3n) is 1.81. The first kappa shape index (κ1) is 10.2. The van der Waals surface area contributed by atoms with E-state index in [0.29, 0.717) is 12.8 Å². The highest BCUT2D eigenvalue weighted by Gasteiger charge is 2.12. The van der Waals surface area contributed by atoms with Gasteiger partial charge in [0.05, 0.1) is 0 Å². The van der Waals surface area contributed by atoms with E-state index in [1.54, 1.807) is 6.07 Å². The van der Waals surface area contributed by atoms with E-state index in [1.807, 2.05) is 6.07 Å². The number of aryl methyl sites for hydroxylation is 1. The Morgan fingerprint density at radius 3 is 2.77 bits per heavy atom. The molecule has 0 spiro atoms. The second kappa shape index (κ2) is 3.85. The van der Waals surface area contributed by atoms with E-state index >= 15 is 0 Å². The molecule has 3 N–H and O–H groups in total. The van der Waals surface area contributed by atoms with Gasteiger partial charge < -0.3 is 10.8 Å². The van der Waals surface area contributed by atoms with Crippen molar-refractivity contribution in [3.8, 4) is 0 Å². The molecule has 1 aromatic rings. The Hall–Kier alpha value is -0.930. The Morgan fingerprint density at radius 2 is 2.23 bits per heavy atom. The summed E-state index contributed by atoms with van der Waals surface area (Å²) in [6, 6.07) is 6.31. The van der Waals surface area contributed by atoms with Gasteiger partial charge in [-0.25, -0.2) is 4.39 Å². The summed E-state index contributed by atoms with van der Waals surface area (Å²) in [5.74, 6) is -0.255. The fourth-order valence-electron chi connectivity index (χ4n) is 1.09. The number of hydrogen-bond acceptors (Lipinski definition) is 2. The van der Waals surface area contributed by atoms with E-state index in [0.717, 1.165) is 5.56 Å². The molecule has 1 atom stereocenters. The minimum absolute atomic E-state index is 0.255. The Kier molecular flexibility index (Phi) is 3.01. The van der Waals surface area contributed by atoms with Gasteiger partial charge in [-0.15, -0.1) is 0 Å². The van der Waals surface area contributed by atoms with Crippen LogP contribution in [-0.4, -0.2) is 10.8 Å². The molecule has 3 heteroatoms. The molecule has 2 nitrogen and oxygen atoms in total. The quantitative estimate of drug-likeness (QED) is 0.696. The van der Waals surface area contributed by atoms with E-state index in [-0.39, 0.29) is 5.82 Å². The molecule has 72 valence electrons. The first-order valence-electron chi connectivity index (χ1n) is 4.23. The van der Waals surface area contributed by atoms with Gasteiger partial charge in [0.25, 0.3) is 0 Å². The molecule has 0 fully saturated rings. The highest BCUT2D eigenvalue weighted by molar-refractivity contribution is 5.16. The molecular weight excluding hydrogens is 169 g/mol. The summed E-state index contributed by atoms with van der Waals surface area (Å²) in [4.78, 5) is 0. The van der Waals surface area contributed by atoms with Crippen LogP contribution in [0.2, 0.25) is 0 Å². The van der Waals surface area contributed by atoms with E-state index < -0.39 is 5.72 Å². The minimum atomic E-state index is -1.17. The predicted octanol–water partition coefficient (Wildman–Crippen LogP) is 1.43. The van der Waals surface area contributed by atoms with Crippen molar-refractivity contribution >= 4 is 0 Å². The molecule has 0 saturated carbocycles. The van der Waals surface area contributed by atoms with Crippen molar-refractivity contribution in [3.63, 3.8) is 0 Å². The summed E-state index contributed by atoms with van der Waals surface area (Å²) in [5.41, 5.74) is 5.06. The molecule has 0 aliphatic rings. The Labute approximate surface area is 77.2 Å². The smallest absolute Gasteiger partial charge is 0.123 e. The van der Waals surface area contributed by atoms with Crippen LogP contribution in [-0.2, 0) is 6.42 Å². The van der Waals surface area contributed by atoms with Crippen molar-refractivity contribution in [3.05, 3.63) is 35.6 Å². The van der Waals surface area contributed by atoms with Crippen molar-refractivity contribution < 1.29 is 9.50 Å². The molecule has 0 bridgehead atoms. The maximum absolute atomic E-state index is 12.7. The number of rotatable bonds is 3. The van der Waals surface area contributed by atoms with Crippen LogP contribution in [0.25, 0.3) is 0 Å². The zero-order valence-electron chi connectivity index (χ0n) is 7.63. The average molecular weight is 183 g/mol. The third kappa shape index (κ3) is 4.01.